The molecule has 0 aliphatic heterocycles. The van der Waals surface area contributed by atoms with E-state index in [1.807, 2.05) is 0 Å². The van der Waals surface area contributed by atoms with Crippen molar-refractivity contribution in [1.82, 2.24) is 0 Å². The highest BCUT2D eigenvalue weighted by Gasteiger charge is 2.48. The van der Waals surface area contributed by atoms with Gasteiger partial charge in [0.15, 0.2) is 0 Å². The summed E-state index contributed by atoms with van der Waals surface area (Å²) in [6.45, 7) is 7.16. The maximum atomic E-state index is 2.40. The third-order valence-electron chi connectivity index (χ3n) is 4.63. The van der Waals surface area contributed by atoms with Crippen LogP contribution >= 0.6 is 0 Å². The Kier molecular flexibility index (Phi) is 2.42. The third kappa shape index (κ3) is 1.65. The average Bonchev–Trinajstić information content (AvgIpc) is 2.61. The smallest absolute Gasteiger partial charge is 0.0295 e. The maximum Gasteiger partial charge on any atom is -0.0295 e. The Morgan fingerprint density at radius 3 is 2.62 bits per heavy atom. The molecule has 0 spiro atoms. The number of hydrogen-bond donors (Lipinski definition) is 0. The zero-order valence-corrected chi connectivity index (χ0v) is 9.47. The molecule has 0 nitrogen and oxygen atoms in total. The summed E-state index contributed by atoms with van der Waals surface area (Å²) in [4.78, 5) is 0. The van der Waals surface area contributed by atoms with Crippen molar-refractivity contribution in [2.75, 3.05) is 0 Å². The van der Waals surface area contributed by atoms with Crippen LogP contribution in [0.4, 0.5) is 0 Å². The van der Waals surface area contributed by atoms with E-state index in [2.05, 4.69) is 20.8 Å². The van der Waals surface area contributed by atoms with Gasteiger partial charge in [0, 0.05) is 0 Å². The maximum absolute atomic E-state index is 2.40. The van der Waals surface area contributed by atoms with Crippen molar-refractivity contribution in [3.8, 4) is 0 Å². The molecule has 0 aromatic heterocycles. The van der Waals surface area contributed by atoms with Gasteiger partial charge in [-0.1, -0.05) is 27.2 Å². The molecule has 0 N–H and O–H groups in total. The summed E-state index contributed by atoms with van der Waals surface area (Å²) in [6.07, 6.45) is 9.16. The van der Waals surface area contributed by atoms with E-state index < -0.39 is 0 Å². The van der Waals surface area contributed by atoms with Crippen molar-refractivity contribution < 1.29 is 0 Å². The highest BCUT2D eigenvalue weighted by Crippen LogP contribution is 2.59. The van der Waals surface area contributed by atoms with E-state index in [0.29, 0.717) is 0 Å². The van der Waals surface area contributed by atoms with Gasteiger partial charge in [0.2, 0.25) is 0 Å². The Morgan fingerprint density at radius 2 is 2.08 bits per heavy atom. The highest BCUT2D eigenvalue weighted by molar-refractivity contribution is 4.99. The summed E-state index contributed by atoms with van der Waals surface area (Å²) in [6, 6.07) is 0. The molecule has 0 heterocycles. The molecule has 0 saturated heterocycles. The summed E-state index contributed by atoms with van der Waals surface area (Å²) in [5.41, 5.74) is 0.810. The average molecular weight is 180 g/mol. The van der Waals surface area contributed by atoms with Crippen molar-refractivity contribution >= 4 is 0 Å². The fourth-order valence-corrected chi connectivity index (χ4v) is 3.91. The van der Waals surface area contributed by atoms with E-state index >= 15 is 0 Å². The second-order valence-electron chi connectivity index (χ2n) is 5.95. The molecule has 3 unspecified atom stereocenters. The summed E-state index contributed by atoms with van der Waals surface area (Å²) in [7, 11) is 0. The predicted molar refractivity (Wildman–Crippen MR) is 57.6 cm³/mol. The van der Waals surface area contributed by atoms with Gasteiger partial charge in [0.05, 0.1) is 0 Å². The first kappa shape index (κ1) is 9.55. The zero-order chi connectivity index (χ0) is 9.47. The first-order valence-corrected chi connectivity index (χ1v) is 6.15. The van der Waals surface area contributed by atoms with Gasteiger partial charge in [0.25, 0.3) is 0 Å². The minimum Gasteiger partial charge on any atom is -0.0649 e. The number of fused-ring (bicyclic) bond motifs is 2. The molecule has 0 heteroatoms. The summed E-state index contributed by atoms with van der Waals surface area (Å²) in [5, 5.41) is 0. The van der Waals surface area contributed by atoms with Gasteiger partial charge in [0.1, 0.15) is 0 Å². The Bertz CT molecular complexity index is 182. The van der Waals surface area contributed by atoms with Crippen LogP contribution in [0, 0.1) is 23.2 Å². The van der Waals surface area contributed by atoms with Crippen LogP contribution in [0.15, 0.2) is 0 Å². The van der Waals surface area contributed by atoms with Gasteiger partial charge in [-0.15, -0.1) is 0 Å². The summed E-state index contributed by atoms with van der Waals surface area (Å²) >= 11 is 0. The first-order valence-electron chi connectivity index (χ1n) is 6.15. The largest absolute Gasteiger partial charge is 0.0649 e. The van der Waals surface area contributed by atoms with Crippen LogP contribution in [-0.4, -0.2) is 0 Å². The van der Waals surface area contributed by atoms with Gasteiger partial charge in [-0.25, -0.2) is 0 Å². The molecule has 13 heavy (non-hydrogen) atoms. The molecule has 0 aromatic carbocycles. The van der Waals surface area contributed by atoms with Crippen molar-refractivity contribution in [2.45, 2.75) is 59.3 Å². The van der Waals surface area contributed by atoms with Gasteiger partial charge < -0.3 is 0 Å². The minimum absolute atomic E-state index is 0.810. The first-order chi connectivity index (χ1) is 6.15. The Morgan fingerprint density at radius 1 is 1.31 bits per heavy atom. The predicted octanol–water partition coefficient (Wildman–Crippen LogP) is 4.25. The molecule has 2 bridgehead atoms. The molecular weight excluding hydrogens is 156 g/mol. The van der Waals surface area contributed by atoms with Crippen molar-refractivity contribution in [3.63, 3.8) is 0 Å². The Labute approximate surface area is 83.1 Å². The monoisotopic (exact) mass is 180 g/mol. The van der Waals surface area contributed by atoms with Gasteiger partial charge in [-0.2, -0.15) is 0 Å². The van der Waals surface area contributed by atoms with Gasteiger partial charge in [-0.05, 0) is 55.3 Å². The molecule has 2 aliphatic rings. The SMILES string of the molecule is CCC12CCC(C1)C(CC(C)C)C2. The number of rotatable bonds is 3. The molecule has 0 radical (unpaired) electrons. The number of hydrogen-bond acceptors (Lipinski definition) is 0. The summed E-state index contributed by atoms with van der Waals surface area (Å²) < 4.78 is 0. The standard InChI is InChI=1S/C13H24/c1-4-13-6-5-11(8-13)12(9-13)7-10(2)3/h10-12H,4-9H2,1-3H3. The molecule has 0 amide bonds. The Hall–Kier alpha value is 0. The molecule has 76 valence electrons. The van der Waals surface area contributed by atoms with E-state index in [9.17, 15) is 0 Å². The molecule has 3 atom stereocenters. The fourth-order valence-electron chi connectivity index (χ4n) is 3.91. The lowest BCUT2D eigenvalue weighted by molar-refractivity contribution is 0.216. The molecule has 2 aliphatic carbocycles. The van der Waals surface area contributed by atoms with Crippen LogP contribution in [0.3, 0.4) is 0 Å². The zero-order valence-electron chi connectivity index (χ0n) is 9.47. The molecule has 2 fully saturated rings. The van der Waals surface area contributed by atoms with Crippen LogP contribution in [0.1, 0.15) is 59.3 Å². The minimum atomic E-state index is 0.810. The van der Waals surface area contributed by atoms with Crippen molar-refractivity contribution in [3.05, 3.63) is 0 Å². The second kappa shape index (κ2) is 3.29. The fraction of sp³-hybridized carbons (Fsp3) is 1.00. The van der Waals surface area contributed by atoms with Crippen LogP contribution in [0.5, 0.6) is 0 Å². The highest BCUT2D eigenvalue weighted by atomic mass is 14.5. The molecule has 2 saturated carbocycles. The van der Waals surface area contributed by atoms with E-state index in [-0.39, 0.29) is 0 Å². The van der Waals surface area contributed by atoms with E-state index in [4.69, 9.17) is 0 Å². The Balaban J connectivity index is 1.97. The molecular formula is C13H24. The van der Waals surface area contributed by atoms with Crippen LogP contribution in [0.2, 0.25) is 0 Å². The van der Waals surface area contributed by atoms with Crippen LogP contribution in [0.25, 0.3) is 0 Å². The second-order valence-corrected chi connectivity index (χ2v) is 5.95. The van der Waals surface area contributed by atoms with Crippen molar-refractivity contribution in [2.24, 2.45) is 23.2 Å². The topological polar surface area (TPSA) is 0 Å². The van der Waals surface area contributed by atoms with Crippen molar-refractivity contribution in [1.29, 1.82) is 0 Å². The quantitative estimate of drug-likeness (QED) is 0.609. The van der Waals surface area contributed by atoms with E-state index in [1.54, 1.807) is 25.7 Å². The van der Waals surface area contributed by atoms with E-state index in [1.165, 1.54) is 12.8 Å². The third-order valence-corrected chi connectivity index (χ3v) is 4.63. The van der Waals surface area contributed by atoms with E-state index in [0.717, 1.165) is 23.2 Å². The molecule has 0 aromatic rings. The lowest BCUT2D eigenvalue weighted by atomic mass is 9.76. The summed E-state index contributed by atoms with van der Waals surface area (Å²) in [5.74, 6) is 3.12. The van der Waals surface area contributed by atoms with Gasteiger partial charge >= 0.3 is 0 Å². The van der Waals surface area contributed by atoms with Crippen LogP contribution in [-0.2, 0) is 0 Å². The lowest BCUT2D eigenvalue weighted by Crippen LogP contribution is -2.18. The van der Waals surface area contributed by atoms with Crippen LogP contribution < -0.4 is 0 Å². The molecule has 2 rings (SSSR count). The normalized spacial score (nSPS) is 43.4. The van der Waals surface area contributed by atoms with Gasteiger partial charge in [-0.3, -0.25) is 0 Å². The lowest BCUT2D eigenvalue weighted by Gasteiger charge is -2.29.